The zero-order chi connectivity index (χ0) is 15.1. The molecule has 2 rings (SSSR count). The van der Waals surface area contributed by atoms with E-state index in [-0.39, 0.29) is 6.04 Å². The first kappa shape index (κ1) is 16.3. The number of rotatable bonds is 7. The smallest absolute Gasteiger partial charge is 0.118 e. The highest BCUT2D eigenvalue weighted by Crippen LogP contribution is 2.28. The quantitative estimate of drug-likeness (QED) is 0.808. The molecule has 0 heterocycles. The molecule has 1 saturated carbocycles. The van der Waals surface area contributed by atoms with Crippen molar-refractivity contribution in [2.75, 3.05) is 7.11 Å². The summed E-state index contributed by atoms with van der Waals surface area (Å²) < 4.78 is 5.21. The highest BCUT2D eigenvalue weighted by molar-refractivity contribution is 5.27. The molecule has 118 valence electrons. The van der Waals surface area contributed by atoms with Gasteiger partial charge in [-0.1, -0.05) is 38.3 Å². The minimum Gasteiger partial charge on any atom is -0.497 e. The van der Waals surface area contributed by atoms with E-state index >= 15 is 0 Å². The van der Waals surface area contributed by atoms with Crippen molar-refractivity contribution < 1.29 is 4.74 Å². The zero-order valence-electron chi connectivity index (χ0n) is 13.5. The molecule has 0 aromatic heterocycles. The molecule has 3 nitrogen and oxygen atoms in total. The van der Waals surface area contributed by atoms with Gasteiger partial charge in [-0.05, 0) is 42.9 Å². The van der Waals surface area contributed by atoms with E-state index < -0.39 is 0 Å². The van der Waals surface area contributed by atoms with Crippen LogP contribution in [0.25, 0.3) is 0 Å². The first-order chi connectivity index (χ1) is 10.2. The Morgan fingerprint density at radius 1 is 1.19 bits per heavy atom. The van der Waals surface area contributed by atoms with Gasteiger partial charge in [0.25, 0.3) is 0 Å². The van der Waals surface area contributed by atoms with Gasteiger partial charge in [-0.25, -0.2) is 0 Å². The summed E-state index contributed by atoms with van der Waals surface area (Å²) in [6.07, 6.45) is 7.81. The maximum atomic E-state index is 6.38. The van der Waals surface area contributed by atoms with Crippen LogP contribution in [0.4, 0.5) is 0 Å². The van der Waals surface area contributed by atoms with Crippen molar-refractivity contribution in [3.63, 3.8) is 0 Å². The highest BCUT2D eigenvalue weighted by Gasteiger charge is 2.27. The Morgan fingerprint density at radius 3 is 2.43 bits per heavy atom. The van der Waals surface area contributed by atoms with Gasteiger partial charge in [0.2, 0.25) is 0 Å². The number of ether oxygens (including phenoxy) is 1. The molecule has 1 aliphatic carbocycles. The zero-order valence-corrected chi connectivity index (χ0v) is 13.5. The second-order valence-corrected chi connectivity index (χ2v) is 6.22. The van der Waals surface area contributed by atoms with E-state index in [0.717, 1.165) is 24.6 Å². The van der Waals surface area contributed by atoms with E-state index in [1.807, 2.05) is 12.1 Å². The van der Waals surface area contributed by atoms with E-state index in [2.05, 4.69) is 24.4 Å². The predicted octanol–water partition coefficient (Wildman–Crippen LogP) is 3.47. The molecule has 0 unspecified atom stereocenters. The molecule has 21 heavy (non-hydrogen) atoms. The Labute approximate surface area is 129 Å². The van der Waals surface area contributed by atoms with Crippen molar-refractivity contribution in [2.24, 2.45) is 11.7 Å². The fourth-order valence-electron chi connectivity index (χ4n) is 3.39. The van der Waals surface area contributed by atoms with E-state index in [0.29, 0.717) is 6.04 Å². The van der Waals surface area contributed by atoms with E-state index in [1.165, 1.54) is 37.7 Å². The summed E-state index contributed by atoms with van der Waals surface area (Å²) in [5.74, 6) is 1.65. The van der Waals surface area contributed by atoms with Crippen LogP contribution < -0.4 is 15.8 Å². The Balaban J connectivity index is 1.93. The second-order valence-electron chi connectivity index (χ2n) is 6.22. The van der Waals surface area contributed by atoms with Crippen molar-refractivity contribution in [1.82, 2.24) is 5.32 Å². The first-order valence-electron chi connectivity index (χ1n) is 8.36. The lowest BCUT2D eigenvalue weighted by Crippen LogP contribution is -2.49. The molecule has 0 aliphatic heterocycles. The van der Waals surface area contributed by atoms with Crippen LogP contribution in [0.1, 0.15) is 51.0 Å². The van der Waals surface area contributed by atoms with E-state index in [1.54, 1.807) is 7.11 Å². The van der Waals surface area contributed by atoms with Crippen molar-refractivity contribution in [3.8, 4) is 5.75 Å². The molecule has 1 aliphatic rings. The van der Waals surface area contributed by atoms with Gasteiger partial charge < -0.3 is 15.8 Å². The van der Waals surface area contributed by atoms with Gasteiger partial charge in [-0.3, -0.25) is 0 Å². The Hall–Kier alpha value is -1.06. The molecule has 1 aromatic carbocycles. The van der Waals surface area contributed by atoms with Crippen molar-refractivity contribution in [3.05, 3.63) is 29.8 Å². The third-order valence-electron chi connectivity index (χ3n) is 4.79. The molecule has 0 amide bonds. The Bertz CT molecular complexity index is 398. The summed E-state index contributed by atoms with van der Waals surface area (Å²) in [5, 5.41) is 3.73. The molecule has 3 heteroatoms. The van der Waals surface area contributed by atoms with Crippen LogP contribution in [0.5, 0.6) is 5.75 Å². The number of benzene rings is 1. The summed E-state index contributed by atoms with van der Waals surface area (Å²) in [4.78, 5) is 0. The number of nitrogens with two attached hydrogens (primary N) is 1. The summed E-state index contributed by atoms with van der Waals surface area (Å²) >= 11 is 0. The lowest BCUT2D eigenvalue weighted by molar-refractivity contribution is 0.235. The molecule has 1 aromatic rings. The molecule has 0 spiro atoms. The highest BCUT2D eigenvalue weighted by atomic mass is 16.5. The molecule has 0 radical (unpaired) electrons. The van der Waals surface area contributed by atoms with Gasteiger partial charge in [0.05, 0.1) is 7.11 Å². The van der Waals surface area contributed by atoms with Crippen LogP contribution in [-0.2, 0) is 6.54 Å². The van der Waals surface area contributed by atoms with Gasteiger partial charge in [0.1, 0.15) is 5.75 Å². The third-order valence-corrected chi connectivity index (χ3v) is 4.79. The summed E-state index contributed by atoms with van der Waals surface area (Å²) in [5.41, 5.74) is 7.67. The SMILES string of the molecule is CC[C@H](N)[C@@H](NCc1ccc(OC)cc1)C1CCCCC1. The van der Waals surface area contributed by atoms with E-state index in [9.17, 15) is 0 Å². The van der Waals surface area contributed by atoms with Crippen molar-refractivity contribution in [2.45, 2.75) is 64.1 Å². The fourth-order valence-corrected chi connectivity index (χ4v) is 3.39. The lowest BCUT2D eigenvalue weighted by atomic mass is 9.80. The van der Waals surface area contributed by atoms with Gasteiger partial charge in [-0.15, -0.1) is 0 Å². The summed E-state index contributed by atoms with van der Waals surface area (Å²) in [6, 6.07) is 8.99. The van der Waals surface area contributed by atoms with E-state index in [4.69, 9.17) is 10.5 Å². The van der Waals surface area contributed by atoms with Gasteiger partial charge in [-0.2, -0.15) is 0 Å². The lowest BCUT2D eigenvalue weighted by Gasteiger charge is -2.34. The monoisotopic (exact) mass is 290 g/mol. The number of hydrogen-bond donors (Lipinski definition) is 2. The molecule has 2 atom stereocenters. The average molecular weight is 290 g/mol. The topological polar surface area (TPSA) is 47.3 Å². The van der Waals surface area contributed by atoms with Gasteiger partial charge >= 0.3 is 0 Å². The van der Waals surface area contributed by atoms with Gasteiger partial charge in [0.15, 0.2) is 0 Å². The standard InChI is InChI=1S/C18H30N2O/c1-3-17(19)18(15-7-5-4-6-8-15)20-13-14-9-11-16(21-2)12-10-14/h9-12,15,17-18,20H,3-8,13,19H2,1-2H3/t17-,18-/m0/s1. The normalized spacial score (nSPS) is 19.2. The van der Waals surface area contributed by atoms with Crippen LogP contribution in [0.2, 0.25) is 0 Å². The average Bonchev–Trinajstić information content (AvgIpc) is 2.56. The van der Waals surface area contributed by atoms with Crippen LogP contribution >= 0.6 is 0 Å². The molecule has 0 saturated heterocycles. The number of methoxy groups -OCH3 is 1. The minimum atomic E-state index is 0.256. The largest absolute Gasteiger partial charge is 0.497 e. The van der Waals surface area contributed by atoms with Crippen LogP contribution in [0.3, 0.4) is 0 Å². The minimum absolute atomic E-state index is 0.256. The molecule has 1 fully saturated rings. The maximum Gasteiger partial charge on any atom is 0.118 e. The Morgan fingerprint density at radius 2 is 1.86 bits per heavy atom. The molecular weight excluding hydrogens is 260 g/mol. The van der Waals surface area contributed by atoms with Crippen molar-refractivity contribution >= 4 is 0 Å². The third kappa shape index (κ3) is 4.72. The first-order valence-corrected chi connectivity index (χ1v) is 8.36. The predicted molar refractivity (Wildman–Crippen MR) is 88.5 cm³/mol. The second kappa shape index (κ2) is 8.40. The van der Waals surface area contributed by atoms with Crippen LogP contribution in [0.15, 0.2) is 24.3 Å². The van der Waals surface area contributed by atoms with Crippen LogP contribution in [-0.4, -0.2) is 19.2 Å². The number of nitrogens with one attached hydrogen (secondary N) is 1. The maximum absolute atomic E-state index is 6.38. The number of hydrogen-bond acceptors (Lipinski definition) is 3. The summed E-state index contributed by atoms with van der Waals surface area (Å²) in [6.45, 7) is 3.08. The molecular formula is C18H30N2O. The fraction of sp³-hybridized carbons (Fsp3) is 0.667. The van der Waals surface area contributed by atoms with Crippen molar-refractivity contribution in [1.29, 1.82) is 0 Å². The van der Waals surface area contributed by atoms with Crippen LogP contribution in [0, 0.1) is 5.92 Å². The van der Waals surface area contributed by atoms with Gasteiger partial charge in [0, 0.05) is 18.6 Å². The summed E-state index contributed by atoms with van der Waals surface area (Å²) in [7, 11) is 1.70. The molecule has 3 N–H and O–H groups in total. The Kier molecular flexibility index (Phi) is 6.52. The molecule has 0 bridgehead atoms.